The highest BCUT2D eigenvalue weighted by molar-refractivity contribution is 6.31. The van der Waals surface area contributed by atoms with Crippen molar-refractivity contribution in [1.82, 2.24) is 14.5 Å². The number of rotatable bonds is 4. The van der Waals surface area contributed by atoms with Crippen molar-refractivity contribution in [1.29, 1.82) is 0 Å². The largest absolute Gasteiger partial charge is 0.496 e. The molecule has 2 aliphatic rings. The van der Waals surface area contributed by atoms with Gasteiger partial charge >= 0.3 is 0 Å². The Morgan fingerprint density at radius 3 is 2.63 bits per heavy atom. The van der Waals surface area contributed by atoms with E-state index < -0.39 is 23.2 Å². The molecule has 6 rings (SSSR count). The van der Waals surface area contributed by atoms with Crippen LogP contribution in [-0.2, 0) is 10.3 Å². The number of anilines is 2. The number of benzene rings is 2. The molecule has 2 aromatic heterocycles. The number of pyridine rings is 1. The maximum atomic E-state index is 14.2. The van der Waals surface area contributed by atoms with Gasteiger partial charge in [-0.1, -0.05) is 23.7 Å². The van der Waals surface area contributed by atoms with Crippen molar-refractivity contribution in [2.24, 2.45) is 0 Å². The summed E-state index contributed by atoms with van der Waals surface area (Å²) in [5, 5.41) is 2.82. The number of hydrogen-bond donors (Lipinski definition) is 1. The van der Waals surface area contributed by atoms with Crippen LogP contribution in [0.1, 0.15) is 47.2 Å². The van der Waals surface area contributed by atoms with E-state index in [-0.39, 0.29) is 22.4 Å². The molecule has 4 aromatic rings. The summed E-state index contributed by atoms with van der Waals surface area (Å²) >= 11 is 6.14. The third-order valence-corrected chi connectivity index (χ3v) is 7.35. The van der Waals surface area contributed by atoms with Gasteiger partial charge in [-0.15, -0.1) is 0 Å². The Bertz CT molecular complexity index is 1670. The standard InChI is InChI=1S/C28H23ClFN5O3/c1-14(2)34-24-23(33-25(34)17-13-31-10-9-22(17)38-4)26(36)35(16-6-8-20(30)19(29)12-16)28(24)18-7-5-15(3)11-21(18)32-27(28)37/h5-14H,1-4H3,(H,32,37). The van der Waals surface area contributed by atoms with Gasteiger partial charge in [-0.2, -0.15) is 0 Å². The van der Waals surface area contributed by atoms with Gasteiger partial charge < -0.3 is 14.6 Å². The van der Waals surface area contributed by atoms with E-state index in [1.807, 2.05) is 43.5 Å². The number of nitrogens with one attached hydrogen (secondary N) is 1. The number of halogens is 2. The van der Waals surface area contributed by atoms with Gasteiger partial charge in [-0.05, 0) is 56.7 Å². The van der Waals surface area contributed by atoms with E-state index in [0.29, 0.717) is 34.1 Å². The highest BCUT2D eigenvalue weighted by Crippen LogP contribution is 2.54. The van der Waals surface area contributed by atoms with Crippen LogP contribution in [-0.4, -0.2) is 33.5 Å². The first-order valence-electron chi connectivity index (χ1n) is 12.0. The number of imidazole rings is 1. The molecule has 1 N–H and O–H groups in total. The van der Waals surface area contributed by atoms with Gasteiger partial charge in [0.25, 0.3) is 11.8 Å². The normalized spacial score (nSPS) is 17.8. The van der Waals surface area contributed by atoms with E-state index in [9.17, 15) is 14.0 Å². The van der Waals surface area contributed by atoms with Crippen LogP contribution in [0.25, 0.3) is 11.4 Å². The lowest BCUT2D eigenvalue weighted by molar-refractivity contribution is -0.119. The van der Waals surface area contributed by atoms with Crippen LogP contribution in [0.2, 0.25) is 5.02 Å². The van der Waals surface area contributed by atoms with Gasteiger partial charge in [0.1, 0.15) is 17.4 Å². The number of aryl methyl sites for hydroxylation is 1. The Labute approximate surface area is 223 Å². The van der Waals surface area contributed by atoms with Crippen LogP contribution in [0.4, 0.5) is 15.8 Å². The topological polar surface area (TPSA) is 89.3 Å². The molecule has 1 unspecified atom stereocenters. The lowest BCUT2D eigenvalue weighted by Crippen LogP contribution is -2.51. The second-order valence-electron chi connectivity index (χ2n) is 9.62. The van der Waals surface area contributed by atoms with Crippen molar-refractivity contribution >= 4 is 34.8 Å². The van der Waals surface area contributed by atoms with Crippen molar-refractivity contribution in [3.05, 3.63) is 88.2 Å². The summed E-state index contributed by atoms with van der Waals surface area (Å²) < 4.78 is 21.6. The molecule has 4 heterocycles. The predicted octanol–water partition coefficient (Wildman–Crippen LogP) is 5.49. The minimum Gasteiger partial charge on any atom is -0.496 e. The van der Waals surface area contributed by atoms with Crippen LogP contribution in [0.5, 0.6) is 5.75 Å². The van der Waals surface area contributed by atoms with Crippen molar-refractivity contribution < 1.29 is 18.7 Å². The van der Waals surface area contributed by atoms with Gasteiger partial charge in [-0.25, -0.2) is 9.37 Å². The average molecular weight is 532 g/mol. The molecule has 8 nitrogen and oxygen atoms in total. The number of nitrogens with zero attached hydrogens (tertiary/aromatic N) is 4. The summed E-state index contributed by atoms with van der Waals surface area (Å²) in [6.07, 6.45) is 3.23. The van der Waals surface area contributed by atoms with Crippen LogP contribution < -0.4 is 15.0 Å². The second-order valence-corrected chi connectivity index (χ2v) is 10.0. The van der Waals surface area contributed by atoms with Crippen LogP contribution in [0.15, 0.2) is 54.9 Å². The van der Waals surface area contributed by atoms with E-state index in [0.717, 1.165) is 5.56 Å². The first-order chi connectivity index (χ1) is 18.2. The number of fused-ring (bicyclic) bond motifs is 4. The molecule has 0 fully saturated rings. The number of methoxy groups -OCH3 is 1. The molecule has 0 radical (unpaired) electrons. The summed E-state index contributed by atoms with van der Waals surface area (Å²) in [6, 6.07) is 11.1. The summed E-state index contributed by atoms with van der Waals surface area (Å²) in [6.45, 7) is 5.82. The summed E-state index contributed by atoms with van der Waals surface area (Å²) in [5.74, 6) is -0.572. The van der Waals surface area contributed by atoms with Crippen molar-refractivity contribution in [2.45, 2.75) is 32.4 Å². The third-order valence-electron chi connectivity index (χ3n) is 7.06. The Morgan fingerprint density at radius 2 is 1.92 bits per heavy atom. The number of hydrogen-bond acceptors (Lipinski definition) is 5. The zero-order valence-corrected chi connectivity index (χ0v) is 21.8. The highest BCUT2D eigenvalue weighted by Gasteiger charge is 2.64. The van der Waals surface area contributed by atoms with Gasteiger partial charge in [-0.3, -0.25) is 19.5 Å². The lowest BCUT2D eigenvalue weighted by Gasteiger charge is -2.35. The molecule has 0 saturated heterocycles. The molecule has 0 saturated carbocycles. The van der Waals surface area contributed by atoms with E-state index in [4.69, 9.17) is 21.3 Å². The molecule has 1 spiro atoms. The maximum absolute atomic E-state index is 14.2. The van der Waals surface area contributed by atoms with Crippen molar-refractivity contribution in [2.75, 3.05) is 17.3 Å². The molecule has 38 heavy (non-hydrogen) atoms. The van der Waals surface area contributed by atoms with E-state index in [1.165, 1.54) is 23.1 Å². The van der Waals surface area contributed by atoms with Crippen molar-refractivity contribution in [3.8, 4) is 17.1 Å². The zero-order valence-electron chi connectivity index (χ0n) is 21.0. The first kappa shape index (κ1) is 24.1. The molecule has 10 heteroatoms. The summed E-state index contributed by atoms with van der Waals surface area (Å²) in [4.78, 5) is 38.8. The zero-order chi connectivity index (χ0) is 26.9. The summed E-state index contributed by atoms with van der Waals surface area (Å²) in [5.41, 5.74) is 1.90. The fourth-order valence-electron chi connectivity index (χ4n) is 5.52. The van der Waals surface area contributed by atoms with E-state index >= 15 is 0 Å². The Morgan fingerprint density at radius 1 is 1.13 bits per heavy atom. The van der Waals surface area contributed by atoms with Crippen LogP contribution >= 0.6 is 11.6 Å². The highest BCUT2D eigenvalue weighted by atomic mass is 35.5. The smallest absolute Gasteiger partial charge is 0.280 e. The Hall–Kier alpha value is -4.24. The van der Waals surface area contributed by atoms with Crippen molar-refractivity contribution in [3.63, 3.8) is 0 Å². The quantitative estimate of drug-likeness (QED) is 0.376. The fraction of sp³-hybridized carbons (Fsp3) is 0.214. The monoisotopic (exact) mass is 531 g/mol. The molecule has 192 valence electrons. The van der Waals surface area contributed by atoms with Crippen LogP contribution in [0, 0.1) is 12.7 Å². The van der Waals surface area contributed by atoms with E-state index in [2.05, 4.69) is 10.3 Å². The minimum atomic E-state index is -1.61. The average Bonchev–Trinajstić information content (AvgIpc) is 3.49. The van der Waals surface area contributed by atoms with Gasteiger partial charge in [0, 0.05) is 35.4 Å². The number of aromatic nitrogens is 3. The van der Waals surface area contributed by atoms with Crippen LogP contribution in [0.3, 0.4) is 0 Å². The molecular weight excluding hydrogens is 509 g/mol. The third kappa shape index (κ3) is 3.08. The molecule has 0 bridgehead atoms. The Balaban J connectivity index is 1.73. The molecule has 0 aliphatic carbocycles. The summed E-state index contributed by atoms with van der Waals surface area (Å²) in [7, 11) is 1.55. The maximum Gasteiger partial charge on any atom is 0.280 e. The predicted molar refractivity (Wildman–Crippen MR) is 141 cm³/mol. The molecule has 1 atom stereocenters. The number of ether oxygens (including phenoxy) is 1. The van der Waals surface area contributed by atoms with E-state index in [1.54, 1.807) is 25.6 Å². The minimum absolute atomic E-state index is 0.114. The molecule has 2 aliphatic heterocycles. The fourth-order valence-corrected chi connectivity index (χ4v) is 5.69. The molecule has 2 aromatic carbocycles. The van der Waals surface area contributed by atoms with Gasteiger partial charge in [0.15, 0.2) is 11.2 Å². The first-order valence-corrected chi connectivity index (χ1v) is 12.4. The molecule has 2 amide bonds. The number of carbonyl (C=O) groups excluding carboxylic acids is 2. The lowest BCUT2D eigenvalue weighted by atomic mass is 9.86. The SMILES string of the molecule is COc1ccncc1-c1nc2c(n1C(C)C)C1(C(=O)Nc3cc(C)ccc31)N(c1ccc(F)c(Cl)c1)C2=O. The molecular formula is C28H23ClFN5O3. The Kier molecular flexibility index (Phi) is 5.32. The van der Waals surface area contributed by atoms with Gasteiger partial charge in [0.2, 0.25) is 0 Å². The number of amides is 2. The second kappa shape index (κ2) is 8.39. The van der Waals surface area contributed by atoms with Gasteiger partial charge in [0.05, 0.1) is 23.4 Å². The number of carbonyl (C=O) groups is 2.